The first-order chi connectivity index (χ1) is 12.5. The molecule has 0 saturated carbocycles. The van der Waals surface area contributed by atoms with Gasteiger partial charge in [0.05, 0.1) is 17.0 Å². The third kappa shape index (κ3) is 3.15. The van der Waals surface area contributed by atoms with Gasteiger partial charge in [0, 0.05) is 11.6 Å². The van der Waals surface area contributed by atoms with E-state index in [1.54, 1.807) is 0 Å². The van der Waals surface area contributed by atoms with Crippen LogP contribution in [0.2, 0.25) is 0 Å². The van der Waals surface area contributed by atoms with Gasteiger partial charge in [0.25, 0.3) is 0 Å². The smallest absolute Gasteiger partial charge is 0.408 e. The van der Waals surface area contributed by atoms with Gasteiger partial charge in [0.15, 0.2) is 5.58 Å². The number of aromatic amines is 1. The second kappa shape index (κ2) is 6.24. The third-order valence-corrected chi connectivity index (χ3v) is 5.02. The van der Waals surface area contributed by atoms with Gasteiger partial charge < -0.3 is 8.94 Å². The summed E-state index contributed by atoms with van der Waals surface area (Å²) in [7, 11) is -3.85. The fraction of sp³-hybridized carbons (Fsp3) is 0.0625. The Morgan fingerprint density at radius 3 is 2.73 bits per heavy atom. The molecule has 2 heterocycles. The van der Waals surface area contributed by atoms with Crippen LogP contribution in [0.4, 0.5) is 0 Å². The summed E-state index contributed by atoms with van der Waals surface area (Å²) >= 11 is 0. The SMILES string of the molecule is O=c1[nH]c2ccc(S(=O)(=O)NCc3nc(-c4ccccc4)no3)cc2o1. The van der Waals surface area contributed by atoms with Crippen molar-refractivity contribution in [3.8, 4) is 11.4 Å². The lowest BCUT2D eigenvalue weighted by Gasteiger charge is -2.04. The molecule has 0 saturated heterocycles. The molecule has 0 aliphatic rings. The Hall–Kier alpha value is -3.24. The van der Waals surface area contributed by atoms with Crippen LogP contribution in [0.5, 0.6) is 0 Å². The van der Waals surface area contributed by atoms with Gasteiger partial charge in [-0.2, -0.15) is 4.98 Å². The van der Waals surface area contributed by atoms with Crippen LogP contribution in [0.15, 0.2) is 67.2 Å². The maximum atomic E-state index is 12.4. The monoisotopic (exact) mass is 372 g/mol. The van der Waals surface area contributed by atoms with Crippen molar-refractivity contribution in [1.82, 2.24) is 19.8 Å². The predicted octanol–water partition coefficient (Wildman–Crippen LogP) is 1.65. The van der Waals surface area contributed by atoms with Gasteiger partial charge in [0.1, 0.15) is 0 Å². The number of rotatable bonds is 5. The Labute approximate surface area is 146 Å². The highest BCUT2D eigenvalue weighted by atomic mass is 32.2. The molecule has 10 heteroatoms. The van der Waals surface area contributed by atoms with Crippen molar-refractivity contribution in [3.63, 3.8) is 0 Å². The summed E-state index contributed by atoms with van der Waals surface area (Å²) in [6.45, 7) is -0.169. The molecule has 2 N–H and O–H groups in total. The molecule has 2 aromatic heterocycles. The summed E-state index contributed by atoms with van der Waals surface area (Å²) in [5.74, 6) is -0.154. The number of fused-ring (bicyclic) bond motifs is 1. The normalized spacial score (nSPS) is 11.8. The van der Waals surface area contributed by atoms with Gasteiger partial charge in [-0.15, -0.1) is 0 Å². The van der Waals surface area contributed by atoms with Crippen molar-refractivity contribution in [2.75, 3.05) is 0 Å². The summed E-state index contributed by atoms with van der Waals surface area (Å²) in [6.07, 6.45) is 0. The second-order valence-electron chi connectivity index (χ2n) is 5.37. The lowest BCUT2D eigenvalue weighted by molar-refractivity contribution is 0.376. The topological polar surface area (TPSA) is 131 Å². The summed E-state index contributed by atoms with van der Waals surface area (Å²) in [5.41, 5.74) is 1.33. The molecule has 0 atom stereocenters. The summed E-state index contributed by atoms with van der Waals surface area (Å²) in [5, 5.41) is 3.83. The Kier molecular flexibility index (Phi) is 3.90. The standard InChI is InChI=1S/C16H12N4O5S/c21-16-18-12-7-6-11(8-13(12)24-16)26(22,23)17-9-14-19-15(20-25-14)10-4-2-1-3-5-10/h1-8,17H,9H2,(H,18,21). The molecule has 0 aliphatic heterocycles. The molecule has 0 spiro atoms. The van der Waals surface area contributed by atoms with Crippen molar-refractivity contribution in [2.45, 2.75) is 11.4 Å². The molecule has 4 rings (SSSR count). The van der Waals surface area contributed by atoms with Gasteiger partial charge in [-0.3, -0.25) is 4.98 Å². The van der Waals surface area contributed by atoms with Gasteiger partial charge in [-0.1, -0.05) is 35.5 Å². The van der Waals surface area contributed by atoms with E-state index in [1.165, 1.54) is 18.2 Å². The molecule has 0 aliphatic carbocycles. The van der Waals surface area contributed by atoms with Crippen LogP contribution in [0.1, 0.15) is 5.89 Å². The van der Waals surface area contributed by atoms with E-state index in [1.807, 2.05) is 30.3 Å². The molecule has 0 amide bonds. The molecule has 0 bridgehead atoms. The Balaban J connectivity index is 1.52. The zero-order chi connectivity index (χ0) is 18.1. The largest absolute Gasteiger partial charge is 0.417 e. The predicted molar refractivity (Wildman–Crippen MR) is 90.6 cm³/mol. The van der Waals surface area contributed by atoms with Crippen molar-refractivity contribution >= 4 is 21.1 Å². The van der Waals surface area contributed by atoms with E-state index in [-0.39, 0.29) is 22.9 Å². The van der Waals surface area contributed by atoms with E-state index in [9.17, 15) is 13.2 Å². The number of H-pyrrole nitrogens is 1. The third-order valence-electron chi connectivity index (χ3n) is 3.62. The summed E-state index contributed by atoms with van der Waals surface area (Å²) in [6, 6.07) is 13.2. The number of oxazole rings is 1. The number of aromatic nitrogens is 3. The van der Waals surface area contributed by atoms with Crippen LogP contribution in [-0.2, 0) is 16.6 Å². The van der Waals surface area contributed by atoms with E-state index >= 15 is 0 Å². The van der Waals surface area contributed by atoms with E-state index in [2.05, 4.69) is 19.8 Å². The molecular weight excluding hydrogens is 360 g/mol. The first-order valence-electron chi connectivity index (χ1n) is 7.52. The van der Waals surface area contributed by atoms with Crippen molar-refractivity contribution < 1.29 is 17.4 Å². The van der Waals surface area contributed by atoms with Crippen LogP contribution >= 0.6 is 0 Å². The van der Waals surface area contributed by atoms with Crippen LogP contribution in [-0.4, -0.2) is 23.5 Å². The quantitative estimate of drug-likeness (QED) is 0.544. The van der Waals surface area contributed by atoms with Crippen LogP contribution in [0.3, 0.4) is 0 Å². The average molecular weight is 372 g/mol. The highest BCUT2D eigenvalue weighted by molar-refractivity contribution is 7.89. The molecule has 0 unspecified atom stereocenters. The second-order valence-corrected chi connectivity index (χ2v) is 7.14. The zero-order valence-corrected chi connectivity index (χ0v) is 14.0. The minimum absolute atomic E-state index is 0.0458. The van der Waals surface area contributed by atoms with Crippen molar-refractivity contribution in [1.29, 1.82) is 0 Å². The maximum absolute atomic E-state index is 12.4. The number of benzene rings is 2. The van der Waals surface area contributed by atoms with Crippen LogP contribution < -0.4 is 10.5 Å². The molecule has 132 valence electrons. The van der Waals surface area contributed by atoms with Gasteiger partial charge in [-0.25, -0.2) is 17.9 Å². The minimum Gasteiger partial charge on any atom is -0.408 e. The van der Waals surface area contributed by atoms with Gasteiger partial charge in [-0.05, 0) is 12.1 Å². The minimum atomic E-state index is -3.85. The van der Waals surface area contributed by atoms with Crippen molar-refractivity contribution in [2.24, 2.45) is 0 Å². The molecule has 2 aromatic carbocycles. The molecule has 0 fully saturated rings. The molecular formula is C16H12N4O5S. The Bertz CT molecular complexity index is 1220. The lowest BCUT2D eigenvalue weighted by Crippen LogP contribution is -2.23. The molecule has 9 nitrogen and oxygen atoms in total. The number of sulfonamides is 1. The molecule has 4 aromatic rings. The van der Waals surface area contributed by atoms with Gasteiger partial charge >= 0.3 is 5.76 Å². The van der Waals surface area contributed by atoms with Crippen LogP contribution in [0.25, 0.3) is 22.5 Å². The van der Waals surface area contributed by atoms with Crippen LogP contribution in [0, 0.1) is 0 Å². The Morgan fingerprint density at radius 2 is 1.92 bits per heavy atom. The van der Waals surface area contributed by atoms with Gasteiger partial charge in [0.2, 0.25) is 21.7 Å². The number of nitrogens with one attached hydrogen (secondary N) is 2. The van der Waals surface area contributed by atoms with E-state index < -0.39 is 15.8 Å². The van der Waals surface area contributed by atoms with Crippen molar-refractivity contribution in [3.05, 3.63) is 65.0 Å². The molecule has 0 radical (unpaired) electrons. The lowest BCUT2D eigenvalue weighted by atomic mass is 10.2. The summed E-state index contributed by atoms with van der Waals surface area (Å²) in [4.78, 5) is 17.7. The zero-order valence-electron chi connectivity index (χ0n) is 13.2. The highest BCUT2D eigenvalue weighted by Gasteiger charge is 2.18. The number of hydrogen-bond acceptors (Lipinski definition) is 7. The average Bonchev–Trinajstić information content (AvgIpc) is 3.25. The number of nitrogens with zero attached hydrogens (tertiary/aromatic N) is 2. The van der Waals surface area contributed by atoms with E-state index in [0.29, 0.717) is 11.3 Å². The van der Waals surface area contributed by atoms with E-state index in [4.69, 9.17) is 8.94 Å². The molecule has 26 heavy (non-hydrogen) atoms. The first kappa shape index (κ1) is 16.2. The Morgan fingerprint density at radius 1 is 1.12 bits per heavy atom. The maximum Gasteiger partial charge on any atom is 0.417 e. The summed E-state index contributed by atoms with van der Waals surface area (Å²) < 4.78 is 37.1. The first-order valence-corrected chi connectivity index (χ1v) is 9.00. The fourth-order valence-corrected chi connectivity index (χ4v) is 3.35. The highest BCUT2D eigenvalue weighted by Crippen LogP contribution is 2.18. The fourth-order valence-electron chi connectivity index (χ4n) is 2.36. The van der Waals surface area contributed by atoms with E-state index in [0.717, 1.165) is 5.56 Å². The number of hydrogen-bond donors (Lipinski definition) is 2.